The molecule has 1 heterocycles. The highest BCUT2D eigenvalue weighted by Gasteiger charge is 2.32. The van der Waals surface area contributed by atoms with Gasteiger partial charge in [0.15, 0.2) is 12.2 Å². The molecule has 1 fully saturated rings. The summed E-state index contributed by atoms with van der Waals surface area (Å²) in [6.45, 7) is 0.588. The lowest BCUT2D eigenvalue weighted by Gasteiger charge is -2.35. The highest BCUT2D eigenvalue weighted by atomic mass is 16.3. The molecule has 1 saturated carbocycles. The van der Waals surface area contributed by atoms with Gasteiger partial charge in [0, 0.05) is 17.7 Å². The molecule has 0 unspecified atom stereocenters. The highest BCUT2D eigenvalue weighted by molar-refractivity contribution is 5.91. The van der Waals surface area contributed by atoms with Crippen molar-refractivity contribution >= 4 is 11.6 Å². The molecule has 23 heavy (non-hydrogen) atoms. The van der Waals surface area contributed by atoms with E-state index in [1.807, 2.05) is 24.3 Å². The van der Waals surface area contributed by atoms with Crippen LogP contribution in [-0.4, -0.2) is 17.4 Å². The first-order chi connectivity index (χ1) is 11.2. The molecule has 0 atom stereocenters. The molecule has 3 N–H and O–H groups in total. The SMILES string of the molecule is NCC1(CC(=O)Nc2ccc(-c3cnco3)cc2)CCCCC1. The van der Waals surface area contributed by atoms with Crippen LogP contribution in [0.3, 0.4) is 0 Å². The minimum absolute atomic E-state index is 0.0118. The molecule has 0 spiro atoms. The summed E-state index contributed by atoms with van der Waals surface area (Å²) in [6, 6.07) is 7.59. The minimum Gasteiger partial charge on any atom is -0.444 e. The number of anilines is 1. The molecule has 1 amide bonds. The third-order valence-corrected chi connectivity index (χ3v) is 4.77. The van der Waals surface area contributed by atoms with E-state index >= 15 is 0 Å². The summed E-state index contributed by atoms with van der Waals surface area (Å²) in [5, 5.41) is 2.98. The van der Waals surface area contributed by atoms with E-state index in [2.05, 4.69) is 10.3 Å². The normalized spacial score (nSPS) is 16.9. The fourth-order valence-electron chi connectivity index (χ4n) is 3.38. The van der Waals surface area contributed by atoms with Gasteiger partial charge in [0.2, 0.25) is 5.91 Å². The van der Waals surface area contributed by atoms with Crippen molar-refractivity contribution in [1.82, 2.24) is 4.98 Å². The molecular weight excluding hydrogens is 290 g/mol. The van der Waals surface area contributed by atoms with E-state index in [1.54, 1.807) is 6.20 Å². The first-order valence-corrected chi connectivity index (χ1v) is 8.20. The number of rotatable bonds is 5. The van der Waals surface area contributed by atoms with Crippen LogP contribution < -0.4 is 11.1 Å². The molecule has 3 rings (SSSR count). The van der Waals surface area contributed by atoms with Gasteiger partial charge >= 0.3 is 0 Å². The Morgan fingerprint density at radius 2 is 1.96 bits per heavy atom. The average Bonchev–Trinajstić information content (AvgIpc) is 3.11. The van der Waals surface area contributed by atoms with Crippen molar-refractivity contribution in [3.8, 4) is 11.3 Å². The Labute approximate surface area is 136 Å². The summed E-state index contributed by atoms with van der Waals surface area (Å²) in [6.07, 6.45) is 9.30. The smallest absolute Gasteiger partial charge is 0.224 e. The second kappa shape index (κ2) is 6.96. The zero-order valence-corrected chi connectivity index (χ0v) is 13.3. The second-order valence-electron chi connectivity index (χ2n) is 6.43. The molecule has 1 aromatic carbocycles. The molecule has 5 nitrogen and oxygen atoms in total. The van der Waals surface area contributed by atoms with Gasteiger partial charge in [-0.1, -0.05) is 19.3 Å². The van der Waals surface area contributed by atoms with Gasteiger partial charge in [-0.2, -0.15) is 0 Å². The largest absolute Gasteiger partial charge is 0.444 e. The molecule has 0 aliphatic heterocycles. The van der Waals surface area contributed by atoms with E-state index in [1.165, 1.54) is 25.7 Å². The second-order valence-corrected chi connectivity index (χ2v) is 6.43. The third-order valence-electron chi connectivity index (χ3n) is 4.77. The molecule has 5 heteroatoms. The van der Waals surface area contributed by atoms with E-state index < -0.39 is 0 Å². The zero-order chi connectivity index (χ0) is 16.1. The number of carbonyl (C=O) groups excluding carboxylic acids is 1. The number of nitrogens with two attached hydrogens (primary N) is 1. The van der Waals surface area contributed by atoms with Gasteiger partial charge in [0.05, 0.1) is 6.20 Å². The Kier molecular flexibility index (Phi) is 4.76. The lowest BCUT2D eigenvalue weighted by molar-refractivity contribution is -0.118. The lowest BCUT2D eigenvalue weighted by atomic mass is 9.71. The van der Waals surface area contributed by atoms with Crippen LogP contribution in [0, 0.1) is 5.41 Å². The third kappa shape index (κ3) is 3.79. The standard InChI is InChI=1S/C18H23N3O2/c19-12-18(8-2-1-3-9-18)10-17(22)21-15-6-4-14(5-7-15)16-11-20-13-23-16/h4-7,11,13H,1-3,8-10,12,19H2,(H,21,22). The number of nitrogens with zero attached hydrogens (tertiary/aromatic N) is 1. The number of hydrogen-bond donors (Lipinski definition) is 2. The number of nitrogens with one attached hydrogen (secondary N) is 1. The Bertz CT molecular complexity index is 629. The Morgan fingerprint density at radius 1 is 1.22 bits per heavy atom. The topological polar surface area (TPSA) is 81.2 Å². The molecule has 122 valence electrons. The van der Waals surface area contributed by atoms with Gasteiger partial charge < -0.3 is 15.5 Å². The van der Waals surface area contributed by atoms with E-state index in [4.69, 9.17) is 10.2 Å². The monoisotopic (exact) mass is 313 g/mol. The summed E-state index contributed by atoms with van der Waals surface area (Å²) < 4.78 is 5.26. The average molecular weight is 313 g/mol. The van der Waals surface area contributed by atoms with Gasteiger partial charge in [-0.05, 0) is 49.1 Å². The van der Waals surface area contributed by atoms with Crippen molar-refractivity contribution in [2.45, 2.75) is 38.5 Å². The zero-order valence-electron chi connectivity index (χ0n) is 13.3. The quantitative estimate of drug-likeness (QED) is 0.884. The van der Waals surface area contributed by atoms with Crippen LogP contribution in [0.15, 0.2) is 41.3 Å². The first kappa shape index (κ1) is 15.7. The van der Waals surface area contributed by atoms with Crippen LogP contribution in [0.2, 0.25) is 0 Å². The number of carbonyl (C=O) groups is 1. The maximum atomic E-state index is 12.4. The highest BCUT2D eigenvalue weighted by Crippen LogP contribution is 2.38. The van der Waals surface area contributed by atoms with Crippen LogP contribution in [0.1, 0.15) is 38.5 Å². The summed E-state index contributed by atoms with van der Waals surface area (Å²) in [5.74, 6) is 0.761. The van der Waals surface area contributed by atoms with Crippen molar-refractivity contribution in [3.05, 3.63) is 36.9 Å². The van der Waals surface area contributed by atoms with Crippen LogP contribution in [0.25, 0.3) is 11.3 Å². The van der Waals surface area contributed by atoms with Crippen LogP contribution >= 0.6 is 0 Å². The first-order valence-electron chi connectivity index (χ1n) is 8.20. The van der Waals surface area contributed by atoms with Crippen molar-refractivity contribution in [2.24, 2.45) is 11.1 Å². The molecular formula is C18H23N3O2. The molecule has 1 aliphatic carbocycles. The summed E-state index contributed by atoms with van der Waals surface area (Å²) in [5.41, 5.74) is 7.67. The van der Waals surface area contributed by atoms with Crippen LogP contribution in [-0.2, 0) is 4.79 Å². The molecule has 0 bridgehead atoms. The van der Waals surface area contributed by atoms with Gasteiger partial charge in [-0.15, -0.1) is 0 Å². The van der Waals surface area contributed by atoms with Crippen LogP contribution in [0.5, 0.6) is 0 Å². The molecule has 0 saturated heterocycles. The summed E-state index contributed by atoms with van der Waals surface area (Å²) >= 11 is 0. The van der Waals surface area contributed by atoms with Gasteiger partial charge in [-0.25, -0.2) is 4.98 Å². The molecule has 0 radical (unpaired) electrons. The minimum atomic E-state index is -0.0118. The van der Waals surface area contributed by atoms with E-state index in [-0.39, 0.29) is 11.3 Å². The number of hydrogen-bond acceptors (Lipinski definition) is 4. The van der Waals surface area contributed by atoms with E-state index in [0.717, 1.165) is 24.1 Å². The summed E-state index contributed by atoms with van der Waals surface area (Å²) in [7, 11) is 0. The van der Waals surface area contributed by atoms with Gasteiger partial charge in [-0.3, -0.25) is 4.79 Å². The van der Waals surface area contributed by atoms with Crippen molar-refractivity contribution in [3.63, 3.8) is 0 Å². The molecule has 1 aliphatic rings. The Balaban J connectivity index is 1.61. The number of benzene rings is 1. The van der Waals surface area contributed by atoms with Crippen molar-refractivity contribution in [2.75, 3.05) is 11.9 Å². The van der Waals surface area contributed by atoms with Crippen LogP contribution in [0.4, 0.5) is 5.69 Å². The van der Waals surface area contributed by atoms with Crippen molar-refractivity contribution in [1.29, 1.82) is 0 Å². The Hall–Kier alpha value is -2.14. The van der Waals surface area contributed by atoms with Gasteiger partial charge in [0.25, 0.3) is 0 Å². The predicted octanol–water partition coefficient (Wildman–Crippen LogP) is 3.58. The fourth-order valence-corrected chi connectivity index (χ4v) is 3.38. The predicted molar refractivity (Wildman–Crippen MR) is 89.8 cm³/mol. The van der Waals surface area contributed by atoms with E-state index in [9.17, 15) is 4.79 Å². The Morgan fingerprint density at radius 3 is 2.57 bits per heavy atom. The maximum Gasteiger partial charge on any atom is 0.224 e. The summed E-state index contributed by atoms with van der Waals surface area (Å²) in [4.78, 5) is 16.3. The molecule has 2 aromatic rings. The lowest BCUT2D eigenvalue weighted by Crippen LogP contribution is -2.36. The number of amides is 1. The van der Waals surface area contributed by atoms with Gasteiger partial charge in [0.1, 0.15) is 0 Å². The fraction of sp³-hybridized carbons (Fsp3) is 0.444. The van der Waals surface area contributed by atoms with E-state index in [0.29, 0.717) is 18.7 Å². The molecule has 1 aromatic heterocycles. The maximum absolute atomic E-state index is 12.4. The number of aromatic nitrogens is 1. The number of oxazole rings is 1. The van der Waals surface area contributed by atoms with Crippen molar-refractivity contribution < 1.29 is 9.21 Å².